The number of carbonyl (C=O) groups is 1. The van der Waals surface area contributed by atoms with Gasteiger partial charge in [0.25, 0.3) is 5.91 Å². The fourth-order valence-electron chi connectivity index (χ4n) is 2.75. The number of hydrogen-bond acceptors (Lipinski definition) is 3. The lowest BCUT2D eigenvalue weighted by Gasteiger charge is -2.32. The molecule has 0 radical (unpaired) electrons. The van der Waals surface area contributed by atoms with Crippen molar-refractivity contribution in [2.75, 3.05) is 19.6 Å². The maximum absolute atomic E-state index is 12.3. The molecule has 23 heavy (non-hydrogen) atoms. The molecular weight excluding hydrogens is 335 g/mol. The van der Waals surface area contributed by atoms with Crippen LogP contribution in [-0.2, 0) is 4.79 Å². The lowest BCUT2D eigenvalue weighted by Crippen LogP contribution is -2.48. The number of hydrogen-bond donors (Lipinski definition) is 1. The van der Waals surface area contributed by atoms with Gasteiger partial charge in [0.2, 0.25) is 0 Å². The highest BCUT2D eigenvalue weighted by atomic mass is 35.5. The first-order chi connectivity index (χ1) is 11.0. The van der Waals surface area contributed by atoms with Gasteiger partial charge < -0.3 is 15.0 Å². The largest absolute Gasteiger partial charge is 0.479 e. The third-order valence-corrected chi connectivity index (χ3v) is 4.59. The maximum Gasteiger partial charge on any atom is 0.260 e. The molecule has 1 aliphatic heterocycles. The third-order valence-electron chi connectivity index (χ3n) is 4.04. The monoisotopic (exact) mass is 358 g/mol. The van der Waals surface area contributed by atoms with Gasteiger partial charge in [-0.15, -0.1) is 0 Å². The van der Waals surface area contributed by atoms with Crippen molar-refractivity contribution in [2.24, 2.45) is 0 Å². The van der Waals surface area contributed by atoms with Crippen molar-refractivity contribution in [3.05, 3.63) is 28.2 Å². The van der Waals surface area contributed by atoms with Gasteiger partial charge in [-0.1, -0.05) is 30.1 Å². The lowest BCUT2D eigenvalue weighted by molar-refractivity contribution is -0.128. The lowest BCUT2D eigenvalue weighted by atomic mass is 10.0. The zero-order valence-electron chi connectivity index (χ0n) is 13.6. The Balaban J connectivity index is 1.82. The molecule has 0 aromatic heterocycles. The zero-order chi connectivity index (χ0) is 16.8. The topological polar surface area (TPSA) is 41.6 Å². The Morgan fingerprint density at radius 1 is 1.39 bits per heavy atom. The van der Waals surface area contributed by atoms with Crippen LogP contribution >= 0.6 is 23.2 Å². The minimum absolute atomic E-state index is 0.116. The number of piperidine rings is 1. The molecule has 1 aliphatic rings. The summed E-state index contributed by atoms with van der Waals surface area (Å²) in [5.41, 5.74) is 0. The molecule has 1 atom stereocenters. The van der Waals surface area contributed by atoms with Crippen LogP contribution < -0.4 is 10.1 Å². The molecule has 1 saturated heterocycles. The van der Waals surface area contributed by atoms with Gasteiger partial charge in [0, 0.05) is 30.2 Å². The first-order valence-electron chi connectivity index (χ1n) is 8.14. The molecule has 6 heteroatoms. The normalized spacial score (nSPS) is 17.7. The van der Waals surface area contributed by atoms with Gasteiger partial charge in [-0.05, 0) is 44.9 Å². The first-order valence-corrected chi connectivity index (χ1v) is 8.89. The highest BCUT2D eigenvalue weighted by Gasteiger charge is 2.23. The summed E-state index contributed by atoms with van der Waals surface area (Å²) in [5.74, 6) is 0.314. The minimum atomic E-state index is -0.611. The summed E-state index contributed by atoms with van der Waals surface area (Å²) in [6.07, 6.45) is 2.52. The molecule has 1 heterocycles. The van der Waals surface area contributed by atoms with E-state index < -0.39 is 6.10 Å². The summed E-state index contributed by atoms with van der Waals surface area (Å²) in [7, 11) is 0. The van der Waals surface area contributed by atoms with E-state index in [0.717, 1.165) is 32.5 Å². The fraction of sp³-hybridized carbons (Fsp3) is 0.588. The first kappa shape index (κ1) is 18.4. The van der Waals surface area contributed by atoms with E-state index in [2.05, 4.69) is 17.1 Å². The second-order valence-corrected chi connectivity index (χ2v) is 6.80. The number of carbonyl (C=O) groups excluding carboxylic acids is 1. The number of ether oxygens (including phenoxy) is 1. The Labute approximate surface area is 148 Å². The van der Waals surface area contributed by atoms with E-state index in [4.69, 9.17) is 27.9 Å². The van der Waals surface area contributed by atoms with Gasteiger partial charge in [-0.25, -0.2) is 0 Å². The standard InChI is InChI=1S/C17H24Cl2N2O2/c1-3-8-21-9-6-14(7-10-21)20-17(22)12(2)23-16-11-13(18)4-5-15(16)19/h4-5,11-12,14H,3,6-10H2,1-2H3,(H,20,22). The second-order valence-electron chi connectivity index (χ2n) is 5.96. The van der Waals surface area contributed by atoms with Crippen molar-refractivity contribution >= 4 is 29.1 Å². The smallest absolute Gasteiger partial charge is 0.260 e. The second kappa shape index (κ2) is 8.76. The van der Waals surface area contributed by atoms with E-state index >= 15 is 0 Å². The number of halogens is 2. The molecule has 1 amide bonds. The molecule has 0 bridgehead atoms. The number of benzene rings is 1. The van der Waals surface area contributed by atoms with Crippen LogP contribution in [0.15, 0.2) is 18.2 Å². The molecule has 128 valence electrons. The number of amides is 1. The molecule has 0 saturated carbocycles. The van der Waals surface area contributed by atoms with Crippen LogP contribution in [0, 0.1) is 0 Å². The predicted octanol–water partition coefficient (Wildman–Crippen LogP) is 3.75. The molecule has 0 aliphatic carbocycles. The molecule has 1 aromatic rings. The van der Waals surface area contributed by atoms with Crippen molar-refractivity contribution in [3.8, 4) is 5.75 Å². The molecule has 1 fully saturated rings. The van der Waals surface area contributed by atoms with Gasteiger partial charge in [0.15, 0.2) is 6.10 Å². The Hall–Kier alpha value is -0.970. The van der Waals surface area contributed by atoms with Crippen molar-refractivity contribution < 1.29 is 9.53 Å². The molecule has 2 rings (SSSR count). The van der Waals surface area contributed by atoms with Crippen LogP contribution in [0.3, 0.4) is 0 Å². The van der Waals surface area contributed by atoms with Crippen molar-refractivity contribution in [3.63, 3.8) is 0 Å². The van der Waals surface area contributed by atoms with Crippen LogP contribution in [0.1, 0.15) is 33.1 Å². The van der Waals surface area contributed by atoms with Crippen LogP contribution in [-0.4, -0.2) is 42.6 Å². The van der Waals surface area contributed by atoms with Crippen molar-refractivity contribution in [1.82, 2.24) is 10.2 Å². The van der Waals surface area contributed by atoms with E-state index in [-0.39, 0.29) is 11.9 Å². The summed E-state index contributed by atoms with van der Waals surface area (Å²) in [4.78, 5) is 14.7. The number of likely N-dealkylation sites (tertiary alicyclic amines) is 1. The average molecular weight is 359 g/mol. The highest BCUT2D eigenvalue weighted by Crippen LogP contribution is 2.28. The van der Waals surface area contributed by atoms with Crippen LogP contribution in [0.4, 0.5) is 0 Å². The summed E-state index contributed by atoms with van der Waals surface area (Å²) in [6.45, 7) is 7.11. The van der Waals surface area contributed by atoms with Crippen molar-refractivity contribution in [2.45, 2.75) is 45.3 Å². The van der Waals surface area contributed by atoms with Gasteiger partial charge in [0.1, 0.15) is 5.75 Å². The molecule has 1 unspecified atom stereocenters. The summed E-state index contributed by atoms with van der Waals surface area (Å²) in [6, 6.07) is 5.19. The SMILES string of the molecule is CCCN1CCC(NC(=O)C(C)Oc2cc(Cl)ccc2Cl)CC1. The highest BCUT2D eigenvalue weighted by molar-refractivity contribution is 6.34. The Morgan fingerprint density at radius 3 is 2.74 bits per heavy atom. The van der Waals surface area contributed by atoms with E-state index in [1.165, 1.54) is 6.42 Å². The van der Waals surface area contributed by atoms with Crippen LogP contribution in [0.25, 0.3) is 0 Å². The Bertz CT molecular complexity index is 531. The molecule has 0 spiro atoms. The summed E-state index contributed by atoms with van der Waals surface area (Å²) >= 11 is 12.0. The van der Waals surface area contributed by atoms with Crippen LogP contribution in [0.2, 0.25) is 10.0 Å². The Kier molecular flexibility index (Phi) is 7.00. The zero-order valence-corrected chi connectivity index (χ0v) is 15.2. The Morgan fingerprint density at radius 2 is 2.09 bits per heavy atom. The summed E-state index contributed by atoms with van der Waals surface area (Å²) < 4.78 is 5.65. The average Bonchev–Trinajstić information content (AvgIpc) is 2.53. The quantitative estimate of drug-likeness (QED) is 0.841. The maximum atomic E-state index is 12.3. The van der Waals surface area contributed by atoms with E-state index in [0.29, 0.717) is 15.8 Å². The van der Waals surface area contributed by atoms with Gasteiger partial charge in [-0.3, -0.25) is 4.79 Å². The van der Waals surface area contributed by atoms with Crippen LogP contribution in [0.5, 0.6) is 5.75 Å². The van der Waals surface area contributed by atoms with Gasteiger partial charge >= 0.3 is 0 Å². The fourth-order valence-corrected chi connectivity index (χ4v) is 3.07. The van der Waals surface area contributed by atoms with Crippen molar-refractivity contribution in [1.29, 1.82) is 0 Å². The summed E-state index contributed by atoms with van der Waals surface area (Å²) in [5, 5.41) is 4.04. The van der Waals surface area contributed by atoms with E-state index in [1.54, 1.807) is 25.1 Å². The molecule has 1 aromatic carbocycles. The third kappa shape index (κ3) is 5.55. The minimum Gasteiger partial charge on any atom is -0.479 e. The molecular formula is C17H24Cl2N2O2. The van der Waals surface area contributed by atoms with E-state index in [9.17, 15) is 4.79 Å². The number of nitrogens with one attached hydrogen (secondary N) is 1. The predicted molar refractivity (Wildman–Crippen MR) is 94.4 cm³/mol. The molecule has 4 nitrogen and oxygen atoms in total. The number of nitrogens with zero attached hydrogens (tertiary/aromatic N) is 1. The van der Waals surface area contributed by atoms with Gasteiger partial charge in [-0.2, -0.15) is 0 Å². The molecule has 1 N–H and O–H groups in total. The van der Waals surface area contributed by atoms with Gasteiger partial charge in [0.05, 0.1) is 5.02 Å². The van der Waals surface area contributed by atoms with E-state index in [1.807, 2.05) is 0 Å². The number of rotatable bonds is 6.